The number of halogens is 2. The van der Waals surface area contributed by atoms with Crippen molar-refractivity contribution in [1.29, 1.82) is 0 Å². The molecule has 0 atom stereocenters. The van der Waals surface area contributed by atoms with Gasteiger partial charge in [0.1, 0.15) is 17.3 Å². The van der Waals surface area contributed by atoms with Gasteiger partial charge in [0.15, 0.2) is 23.1 Å². The van der Waals surface area contributed by atoms with Gasteiger partial charge in [0.2, 0.25) is 6.79 Å². The van der Waals surface area contributed by atoms with Crippen LogP contribution in [0.5, 0.6) is 11.5 Å². The molecule has 1 amide bonds. The second kappa shape index (κ2) is 7.10. The minimum Gasteiger partial charge on any atom is -0.454 e. The van der Waals surface area contributed by atoms with Crippen LogP contribution in [-0.2, 0) is 0 Å². The fourth-order valence-electron chi connectivity index (χ4n) is 2.64. The first kappa shape index (κ1) is 17.7. The van der Waals surface area contributed by atoms with Gasteiger partial charge < -0.3 is 20.1 Å². The van der Waals surface area contributed by atoms with Crippen LogP contribution in [0.15, 0.2) is 42.5 Å². The van der Waals surface area contributed by atoms with Gasteiger partial charge in [0.25, 0.3) is 5.91 Å². The van der Waals surface area contributed by atoms with Crippen LogP contribution in [0.4, 0.5) is 26.0 Å². The van der Waals surface area contributed by atoms with Gasteiger partial charge in [-0.1, -0.05) is 0 Å². The molecule has 3 aromatic rings. The van der Waals surface area contributed by atoms with E-state index in [0.29, 0.717) is 28.7 Å². The molecule has 28 heavy (non-hydrogen) atoms. The van der Waals surface area contributed by atoms with Gasteiger partial charge in [-0.2, -0.15) is 0 Å². The SMILES string of the molecule is Cc1nc(Nc2ccc(F)c(F)c2)cc(C(=O)Nc2ccc3c(c2)OCO3)n1. The zero-order valence-corrected chi connectivity index (χ0v) is 14.6. The van der Waals surface area contributed by atoms with Gasteiger partial charge >= 0.3 is 0 Å². The molecule has 2 aromatic carbocycles. The van der Waals surface area contributed by atoms with E-state index < -0.39 is 17.5 Å². The van der Waals surface area contributed by atoms with Crippen LogP contribution in [0.2, 0.25) is 0 Å². The number of fused-ring (bicyclic) bond motifs is 1. The Morgan fingerprint density at radius 2 is 1.75 bits per heavy atom. The number of benzene rings is 2. The molecule has 9 heteroatoms. The number of carbonyl (C=O) groups excluding carboxylic acids is 1. The van der Waals surface area contributed by atoms with Crippen LogP contribution in [0.3, 0.4) is 0 Å². The van der Waals surface area contributed by atoms with Crippen LogP contribution in [0.1, 0.15) is 16.3 Å². The molecule has 2 heterocycles. The number of amides is 1. The van der Waals surface area contributed by atoms with E-state index in [-0.39, 0.29) is 18.3 Å². The summed E-state index contributed by atoms with van der Waals surface area (Å²) in [7, 11) is 0. The Bertz CT molecular complexity index is 1080. The number of hydrogen-bond acceptors (Lipinski definition) is 6. The van der Waals surface area contributed by atoms with Gasteiger partial charge in [-0.05, 0) is 31.2 Å². The standard InChI is InChI=1S/C19H14F2N4O3/c1-10-22-15(8-18(23-10)24-11-2-4-13(20)14(21)6-11)19(26)25-12-3-5-16-17(7-12)28-9-27-16/h2-8H,9H2,1H3,(H,25,26)(H,22,23,24). The van der Waals surface area contributed by atoms with Gasteiger partial charge in [-0.15, -0.1) is 0 Å². The highest BCUT2D eigenvalue weighted by molar-refractivity contribution is 6.03. The Morgan fingerprint density at radius 1 is 0.964 bits per heavy atom. The Morgan fingerprint density at radius 3 is 2.57 bits per heavy atom. The summed E-state index contributed by atoms with van der Waals surface area (Å²) in [5.74, 6) is -0.647. The summed E-state index contributed by atoms with van der Waals surface area (Å²) in [6.07, 6.45) is 0. The molecular weight excluding hydrogens is 370 g/mol. The lowest BCUT2D eigenvalue weighted by atomic mass is 10.2. The van der Waals surface area contributed by atoms with Crippen LogP contribution >= 0.6 is 0 Å². The van der Waals surface area contributed by atoms with E-state index in [1.165, 1.54) is 12.1 Å². The molecule has 0 bridgehead atoms. The third kappa shape index (κ3) is 3.68. The largest absolute Gasteiger partial charge is 0.454 e. The number of aryl methyl sites for hydroxylation is 1. The maximum atomic E-state index is 13.4. The Hall–Kier alpha value is -3.75. The summed E-state index contributed by atoms with van der Waals surface area (Å²) < 4.78 is 37.0. The topological polar surface area (TPSA) is 85.4 Å². The van der Waals surface area contributed by atoms with E-state index >= 15 is 0 Å². The lowest BCUT2D eigenvalue weighted by molar-refractivity contribution is 0.102. The van der Waals surface area contributed by atoms with E-state index in [4.69, 9.17) is 9.47 Å². The maximum absolute atomic E-state index is 13.4. The Balaban J connectivity index is 1.54. The highest BCUT2D eigenvalue weighted by Crippen LogP contribution is 2.34. The van der Waals surface area contributed by atoms with E-state index in [0.717, 1.165) is 12.1 Å². The van der Waals surface area contributed by atoms with Crippen molar-refractivity contribution in [2.24, 2.45) is 0 Å². The molecule has 0 spiro atoms. The van der Waals surface area contributed by atoms with Crippen molar-refractivity contribution in [3.8, 4) is 11.5 Å². The molecule has 0 fully saturated rings. The first-order valence-corrected chi connectivity index (χ1v) is 8.27. The number of nitrogens with zero attached hydrogens (tertiary/aromatic N) is 2. The summed E-state index contributed by atoms with van der Waals surface area (Å²) in [5, 5.41) is 5.55. The lowest BCUT2D eigenvalue weighted by Gasteiger charge is -2.10. The van der Waals surface area contributed by atoms with Crippen molar-refractivity contribution >= 4 is 23.1 Å². The molecule has 0 aliphatic carbocycles. The second-order valence-corrected chi connectivity index (χ2v) is 5.96. The fourth-order valence-corrected chi connectivity index (χ4v) is 2.64. The van der Waals surface area contributed by atoms with Gasteiger partial charge in [-0.25, -0.2) is 18.7 Å². The minimum atomic E-state index is -0.989. The van der Waals surface area contributed by atoms with Crippen molar-refractivity contribution in [3.63, 3.8) is 0 Å². The van der Waals surface area contributed by atoms with Gasteiger partial charge in [0.05, 0.1) is 0 Å². The number of rotatable bonds is 4. The van der Waals surface area contributed by atoms with Crippen LogP contribution in [0.25, 0.3) is 0 Å². The number of aromatic nitrogens is 2. The monoisotopic (exact) mass is 384 g/mol. The molecule has 1 aliphatic heterocycles. The molecule has 7 nitrogen and oxygen atoms in total. The van der Waals surface area contributed by atoms with Crippen molar-refractivity contribution < 1.29 is 23.0 Å². The first-order valence-electron chi connectivity index (χ1n) is 8.27. The molecule has 1 aliphatic rings. The summed E-state index contributed by atoms with van der Waals surface area (Å²) in [5.41, 5.74) is 0.912. The minimum absolute atomic E-state index is 0.107. The van der Waals surface area contributed by atoms with Crippen molar-refractivity contribution in [2.45, 2.75) is 6.92 Å². The smallest absolute Gasteiger partial charge is 0.274 e. The zero-order chi connectivity index (χ0) is 19.7. The van der Waals surface area contributed by atoms with Crippen molar-refractivity contribution in [3.05, 3.63) is 65.6 Å². The first-order chi connectivity index (χ1) is 13.5. The normalized spacial score (nSPS) is 12.0. The number of ether oxygens (including phenoxy) is 2. The summed E-state index contributed by atoms with van der Waals surface area (Å²) >= 11 is 0. The van der Waals surface area contributed by atoms with Gasteiger partial charge in [-0.3, -0.25) is 4.79 Å². The molecule has 0 unspecified atom stereocenters. The molecule has 1 aromatic heterocycles. The third-order valence-corrected chi connectivity index (χ3v) is 3.89. The van der Waals surface area contributed by atoms with Gasteiger partial charge in [0, 0.05) is 29.6 Å². The molecule has 4 rings (SSSR count). The number of nitrogens with one attached hydrogen (secondary N) is 2. The van der Waals surface area contributed by atoms with Crippen LogP contribution in [-0.4, -0.2) is 22.7 Å². The Labute approximate surface area is 158 Å². The second-order valence-electron chi connectivity index (χ2n) is 5.96. The van der Waals surface area contributed by atoms with E-state index in [2.05, 4.69) is 20.6 Å². The lowest BCUT2D eigenvalue weighted by Crippen LogP contribution is -2.15. The average molecular weight is 384 g/mol. The zero-order valence-electron chi connectivity index (χ0n) is 14.6. The molecule has 2 N–H and O–H groups in total. The highest BCUT2D eigenvalue weighted by Gasteiger charge is 2.16. The molecular formula is C19H14F2N4O3. The van der Waals surface area contributed by atoms with Crippen LogP contribution < -0.4 is 20.1 Å². The van der Waals surface area contributed by atoms with Crippen LogP contribution in [0, 0.1) is 18.6 Å². The molecule has 0 radical (unpaired) electrons. The predicted molar refractivity (Wildman–Crippen MR) is 96.9 cm³/mol. The number of carbonyl (C=O) groups is 1. The molecule has 0 saturated carbocycles. The fraction of sp³-hybridized carbons (Fsp3) is 0.105. The third-order valence-electron chi connectivity index (χ3n) is 3.89. The molecule has 0 saturated heterocycles. The van der Waals surface area contributed by atoms with E-state index in [9.17, 15) is 13.6 Å². The van der Waals surface area contributed by atoms with E-state index in [1.54, 1.807) is 25.1 Å². The average Bonchev–Trinajstić information content (AvgIpc) is 3.12. The van der Waals surface area contributed by atoms with Crippen molar-refractivity contribution in [1.82, 2.24) is 9.97 Å². The highest BCUT2D eigenvalue weighted by atomic mass is 19.2. The van der Waals surface area contributed by atoms with E-state index in [1.807, 2.05) is 0 Å². The quantitative estimate of drug-likeness (QED) is 0.712. The number of anilines is 3. The van der Waals surface area contributed by atoms with Crippen molar-refractivity contribution in [2.75, 3.05) is 17.4 Å². The maximum Gasteiger partial charge on any atom is 0.274 e. The molecule has 142 valence electrons. The number of hydrogen-bond donors (Lipinski definition) is 2. The summed E-state index contributed by atoms with van der Waals surface area (Å²) in [4.78, 5) is 20.8. The Kier molecular flexibility index (Phi) is 4.48. The summed E-state index contributed by atoms with van der Waals surface area (Å²) in [6.45, 7) is 1.75. The summed E-state index contributed by atoms with van der Waals surface area (Å²) in [6, 6.07) is 9.80. The predicted octanol–water partition coefficient (Wildman–Crippen LogP) is 3.79.